The normalized spacial score (nSPS) is 13.3. The molecule has 37 heavy (non-hydrogen) atoms. The van der Waals surface area contributed by atoms with Gasteiger partial charge in [0.05, 0.1) is 12.1 Å². The second-order valence-electron chi connectivity index (χ2n) is 10.9. The predicted octanol–water partition coefficient (Wildman–Crippen LogP) is 7.44. The molecule has 0 aliphatic rings. The Labute approximate surface area is 221 Å². The number of hydrogen-bond donors (Lipinski definition) is 1. The molecule has 4 nitrogen and oxygen atoms in total. The second kappa shape index (κ2) is 11.8. The highest BCUT2D eigenvalue weighted by molar-refractivity contribution is 7.09. The summed E-state index contributed by atoms with van der Waals surface area (Å²) in [4.78, 5) is 19.2. The molecule has 0 aliphatic heterocycles. The molecule has 1 amide bonds. The van der Waals surface area contributed by atoms with Crippen molar-refractivity contribution in [3.8, 4) is 0 Å². The van der Waals surface area contributed by atoms with E-state index in [4.69, 9.17) is 0 Å². The molecule has 1 heterocycles. The van der Waals surface area contributed by atoms with Crippen molar-refractivity contribution >= 4 is 17.2 Å². The third-order valence-corrected chi connectivity index (χ3v) is 7.22. The predicted molar refractivity (Wildman–Crippen MR) is 143 cm³/mol. The van der Waals surface area contributed by atoms with Gasteiger partial charge in [0.15, 0.2) is 0 Å². The first kappa shape index (κ1) is 28.9. The molecule has 1 atom stereocenters. The van der Waals surface area contributed by atoms with Crippen LogP contribution in [0.25, 0.3) is 0 Å². The number of carbonyl (C=O) groups excluding carboxylic acids is 1. The molecule has 200 valence electrons. The lowest BCUT2D eigenvalue weighted by molar-refractivity contribution is -0.137. The molecule has 1 N–H and O–H groups in total. The van der Waals surface area contributed by atoms with Crippen LogP contribution < -0.4 is 5.32 Å². The van der Waals surface area contributed by atoms with E-state index in [1.165, 1.54) is 29.0 Å². The van der Waals surface area contributed by atoms with E-state index in [0.29, 0.717) is 36.8 Å². The summed E-state index contributed by atoms with van der Waals surface area (Å²) < 4.78 is 39.9. The van der Waals surface area contributed by atoms with E-state index in [0.717, 1.165) is 16.6 Å². The number of alkyl halides is 3. The zero-order valence-corrected chi connectivity index (χ0v) is 23.1. The Hall–Kier alpha value is -2.71. The maximum atomic E-state index is 13.3. The van der Waals surface area contributed by atoms with Crippen LogP contribution in [0.2, 0.25) is 0 Å². The van der Waals surface area contributed by atoms with E-state index in [9.17, 15) is 18.0 Å². The summed E-state index contributed by atoms with van der Waals surface area (Å²) >= 11 is 1.38. The summed E-state index contributed by atoms with van der Waals surface area (Å²) in [5, 5.41) is 5.44. The monoisotopic (exact) mass is 531 g/mol. The van der Waals surface area contributed by atoms with Crippen molar-refractivity contribution < 1.29 is 18.0 Å². The van der Waals surface area contributed by atoms with Gasteiger partial charge in [-0.1, -0.05) is 77.1 Å². The summed E-state index contributed by atoms with van der Waals surface area (Å²) in [6.45, 7) is 13.8. The molecule has 1 aromatic heterocycles. The molecule has 1 unspecified atom stereocenters. The molecular formula is C29H36F3N3OS. The lowest BCUT2D eigenvalue weighted by Gasteiger charge is -2.23. The number of nitrogens with one attached hydrogen (secondary N) is 1. The van der Waals surface area contributed by atoms with Crippen LogP contribution in [0.5, 0.6) is 0 Å². The Kier molecular flexibility index (Phi) is 9.18. The van der Waals surface area contributed by atoms with Crippen LogP contribution in [0.4, 0.5) is 13.2 Å². The average Bonchev–Trinajstić information content (AvgIpc) is 3.27. The van der Waals surface area contributed by atoms with Crippen LogP contribution in [0.1, 0.15) is 79.3 Å². The van der Waals surface area contributed by atoms with Crippen molar-refractivity contribution in [3.63, 3.8) is 0 Å². The molecule has 0 spiro atoms. The zero-order valence-electron chi connectivity index (χ0n) is 22.3. The third kappa shape index (κ3) is 8.40. The van der Waals surface area contributed by atoms with Gasteiger partial charge in [-0.3, -0.25) is 9.69 Å². The number of halogens is 3. The van der Waals surface area contributed by atoms with Gasteiger partial charge in [0.1, 0.15) is 10.7 Å². The van der Waals surface area contributed by atoms with Crippen molar-refractivity contribution in [3.05, 3.63) is 86.9 Å². The number of rotatable bonds is 9. The van der Waals surface area contributed by atoms with Crippen molar-refractivity contribution in [2.24, 2.45) is 5.92 Å². The topological polar surface area (TPSA) is 45.2 Å². The minimum absolute atomic E-state index is 0.0196. The van der Waals surface area contributed by atoms with E-state index in [2.05, 4.69) is 60.2 Å². The van der Waals surface area contributed by atoms with Gasteiger partial charge in [0.2, 0.25) is 0 Å². The van der Waals surface area contributed by atoms with Gasteiger partial charge in [-0.15, -0.1) is 11.3 Å². The van der Waals surface area contributed by atoms with Gasteiger partial charge >= 0.3 is 6.18 Å². The number of benzene rings is 2. The van der Waals surface area contributed by atoms with Gasteiger partial charge in [-0.05, 0) is 41.0 Å². The van der Waals surface area contributed by atoms with Gasteiger partial charge in [-0.2, -0.15) is 13.2 Å². The summed E-state index contributed by atoms with van der Waals surface area (Å²) in [5.41, 5.74) is 2.57. The van der Waals surface area contributed by atoms with E-state index >= 15 is 0 Å². The van der Waals surface area contributed by atoms with Crippen molar-refractivity contribution in [2.45, 2.75) is 78.8 Å². The van der Waals surface area contributed by atoms with Crippen LogP contribution in [0.3, 0.4) is 0 Å². The molecule has 3 rings (SSSR count). The fraction of sp³-hybridized carbons (Fsp3) is 0.448. The molecule has 0 aliphatic carbocycles. The summed E-state index contributed by atoms with van der Waals surface area (Å²) in [6.07, 6.45) is -4.39. The minimum atomic E-state index is -4.39. The minimum Gasteiger partial charge on any atom is -0.348 e. The molecule has 0 saturated carbocycles. The molecular weight excluding hydrogens is 495 g/mol. The Morgan fingerprint density at radius 2 is 1.59 bits per heavy atom. The Balaban J connectivity index is 1.82. The van der Waals surface area contributed by atoms with Crippen LogP contribution in [-0.2, 0) is 31.2 Å². The fourth-order valence-electron chi connectivity index (χ4n) is 3.77. The van der Waals surface area contributed by atoms with E-state index in [-0.39, 0.29) is 17.4 Å². The average molecular weight is 532 g/mol. The van der Waals surface area contributed by atoms with E-state index in [1.807, 2.05) is 20.8 Å². The quantitative estimate of drug-likeness (QED) is 0.312. The lowest BCUT2D eigenvalue weighted by atomic mass is 9.87. The maximum Gasteiger partial charge on any atom is 0.416 e. The number of nitrogens with zero attached hydrogens (tertiary/aromatic N) is 2. The van der Waals surface area contributed by atoms with Crippen molar-refractivity contribution in [1.82, 2.24) is 15.2 Å². The molecule has 0 radical (unpaired) electrons. The van der Waals surface area contributed by atoms with E-state index < -0.39 is 11.7 Å². The Morgan fingerprint density at radius 1 is 0.946 bits per heavy atom. The van der Waals surface area contributed by atoms with Gasteiger partial charge in [0, 0.05) is 24.5 Å². The fourth-order valence-corrected chi connectivity index (χ4v) is 4.58. The first-order valence-corrected chi connectivity index (χ1v) is 13.3. The van der Waals surface area contributed by atoms with Crippen LogP contribution in [0, 0.1) is 5.92 Å². The number of hydrogen-bond acceptors (Lipinski definition) is 4. The van der Waals surface area contributed by atoms with Crippen LogP contribution >= 0.6 is 11.3 Å². The third-order valence-electron chi connectivity index (χ3n) is 6.39. The molecule has 3 aromatic rings. The first-order chi connectivity index (χ1) is 17.2. The van der Waals surface area contributed by atoms with Crippen molar-refractivity contribution in [2.75, 3.05) is 0 Å². The standard InChI is InChI=1S/C29H36F3N3OS/c1-19(2)20(3)33-27(36)25-18-37-26(34-25)17-35(15-21-10-12-23(13-11-21)28(4,5)6)16-22-8-7-9-24(14-22)29(30,31)32/h7-14,18-20H,15-17H2,1-6H3,(H,33,36). The molecule has 8 heteroatoms. The Morgan fingerprint density at radius 3 is 2.19 bits per heavy atom. The Bertz CT molecular complexity index is 1180. The molecule has 0 bridgehead atoms. The summed E-state index contributed by atoms with van der Waals surface area (Å²) in [5.74, 6) is 0.0839. The van der Waals surface area contributed by atoms with E-state index in [1.54, 1.807) is 11.4 Å². The van der Waals surface area contributed by atoms with Gasteiger partial charge in [0.25, 0.3) is 5.91 Å². The zero-order chi connectivity index (χ0) is 27.4. The smallest absolute Gasteiger partial charge is 0.348 e. The number of carbonyl (C=O) groups is 1. The van der Waals surface area contributed by atoms with Gasteiger partial charge in [-0.25, -0.2) is 4.98 Å². The molecule has 0 saturated heterocycles. The summed E-state index contributed by atoms with van der Waals surface area (Å²) in [7, 11) is 0. The highest BCUT2D eigenvalue weighted by Crippen LogP contribution is 2.30. The number of thiazole rings is 1. The van der Waals surface area contributed by atoms with Crippen LogP contribution in [-0.4, -0.2) is 21.8 Å². The SMILES string of the molecule is CC(C)C(C)NC(=O)c1csc(CN(Cc2ccc(C(C)(C)C)cc2)Cc2cccc(C(F)(F)F)c2)n1. The molecule has 2 aromatic carbocycles. The van der Waals surface area contributed by atoms with Gasteiger partial charge < -0.3 is 5.32 Å². The maximum absolute atomic E-state index is 13.3. The van der Waals surface area contributed by atoms with Crippen LogP contribution in [0.15, 0.2) is 53.9 Å². The first-order valence-electron chi connectivity index (χ1n) is 12.5. The second-order valence-corrected chi connectivity index (χ2v) is 11.9. The summed E-state index contributed by atoms with van der Waals surface area (Å²) in [6, 6.07) is 13.8. The highest BCUT2D eigenvalue weighted by atomic mass is 32.1. The number of aromatic nitrogens is 1. The molecule has 0 fully saturated rings. The number of amides is 1. The lowest BCUT2D eigenvalue weighted by Crippen LogP contribution is -2.36. The highest BCUT2D eigenvalue weighted by Gasteiger charge is 2.30. The largest absolute Gasteiger partial charge is 0.416 e. The van der Waals surface area contributed by atoms with Crippen molar-refractivity contribution in [1.29, 1.82) is 0 Å².